The van der Waals surface area contributed by atoms with E-state index in [0.29, 0.717) is 9.88 Å². The largest absolute Gasteiger partial charge is 0.447 e. The van der Waals surface area contributed by atoms with Crippen molar-refractivity contribution >= 4 is 17.0 Å². The van der Waals surface area contributed by atoms with E-state index in [1.807, 2.05) is 0 Å². The number of hydrogen-bond acceptors (Lipinski definition) is 3. The van der Waals surface area contributed by atoms with Gasteiger partial charge in [-0.2, -0.15) is 0 Å². The van der Waals surface area contributed by atoms with Gasteiger partial charge in [0.15, 0.2) is 2.82 Å². The molecule has 112 valence electrons. The predicted molar refractivity (Wildman–Crippen MR) is 82.5 cm³/mol. The maximum atomic E-state index is 11.7. The second-order valence-corrected chi connectivity index (χ2v) is 4.41. The molecule has 21 heavy (non-hydrogen) atoms. The van der Waals surface area contributed by atoms with Gasteiger partial charge in [-0.3, -0.25) is 0 Å². The molecule has 1 aromatic heterocycles. The van der Waals surface area contributed by atoms with Crippen molar-refractivity contribution in [1.82, 2.24) is 15.2 Å². The van der Waals surface area contributed by atoms with Crippen LogP contribution in [0.5, 0.6) is 0 Å². The molecule has 1 saturated heterocycles. The quantitative estimate of drug-likeness (QED) is 0.887. The second-order valence-electron chi connectivity index (χ2n) is 4.41. The summed E-state index contributed by atoms with van der Waals surface area (Å²) >= 11 is 0. The van der Waals surface area contributed by atoms with Crippen LogP contribution in [0.4, 0.5) is 4.79 Å². The molecule has 1 amide bonds. The number of carbonyl (C=O) groups is 1. The third-order valence-electron chi connectivity index (χ3n) is 2.69. The third-order valence-corrected chi connectivity index (χ3v) is 2.69. The lowest BCUT2D eigenvalue weighted by Gasteiger charge is -2.09. The number of hydrogen-bond donors (Lipinski definition) is 2. The molecular formula is C16H21N3O2. The van der Waals surface area contributed by atoms with E-state index in [-0.39, 0.29) is 5.31 Å². The highest BCUT2D eigenvalue weighted by Gasteiger charge is 2.22. The Morgan fingerprint density at radius 3 is 3.43 bits per heavy atom. The molecule has 5 nitrogen and oxygen atoms in total. The molecule has 1 atom stereocenters. The Hall–Kier alpha value is -2.01. The Morgan fingerprint density at radius 2 is 2.67 bits per heavy atom. The monoisotopic (exact) mass is 301 g/mol. The number of aromatic nitrogens is 1. The van der Waals surface area contributed by atoms with Crippen LogP contribution in [0.1, 0.15) is 27.6 Å². The van der Waals surface area contributed by atoms with E-state index in [9.17, 15) is 4.79 Å². The molecule has 0 aliphatic carbocycles. The summed E-state index contributed by atoms with van der Waals surface area (Å²) in [5.74, 6) is 0. The van der Waals surface area contributed by atoms with Crippen LogP contribution in [0.3, 0.4) is 0 Å². The SMILES string of the molecule is [2H]c1c(C[C@]2([2H])N([2H])C(=O)OC2([2H])[2H])c([2H])c2c(C([2H])([2H])CN(C)C([2H])([2H])[2H])c([2H])n([2H])c2c1[2H]. The lowest BCUT2D eigenvalue weighted by Crippen LogP contribution is -2.28. The maximum Gasteiger partial charge on any atom is 0.407 e. The summed E-state index contributed by atoms with van der Waals surface area (Å²) in [5.41, 5.74) is -1.58. The van der Waals surface area contributed by atoms with Gasteiger partial charge in [-0.25, -0.2) is 4.79 Å². The molecule has 0 saturated carbocycles. The van der Waals surface area contributed by atoms with E-state index in [2.05, 4.69) is 4.74 Å². The highest BCUT2D eigenvalue weighted by atomic mass is 16.6. The summed E-state index contributed by atoms with van der Waals surface area (Å²) in [4.78, 5) is 12.8. The molecule has 0 radical (unpaired) electrons. The number of aromatic amines is 1. The van der Waals surface area contributed by atoms with Gasteiger partial charge < -0.3 is 19.9 Å². The smallest absolute Gasteiger partial charge is 0.407 e. The van der Waals surface area contributed by atoms with Crippen LogP contribution in [-0.2, 0) is 17.5 Å². The molecule has 1 fully saturated rings. The lowest BCUT2D eigenvalue weighted by atomic mass is 10.0. The summed E-state index contributed by atoms with van der Waals surface area (Å²) in [5, 5.41) is -0.563. The van der Waals surface area contributed by atoms with Gasteiger partial charge in [-0.15, -0.1) is 0 Å². The fourth-order valence-corrected chi connectivity index (χ4v) is 1.79. The Bertz CT molecular complexity index is 1210. The number of amides is 1. The number of nitrogens with zero attached hydrogens (tertiary/aromatic N) is 1. The summed E-state index contributed by atoms with van der Waals surface area (Å²) < 4.78 is 117. The molecule has 2 N–H and O–H groups in total. The minimum Gasteiger partial charge on any atom is -0.447 e. The number of fused-ring (bicyclic) bond motifs is 1. The molecule has 1 aliphatic heterocycles. The zero-order valence-electron chi connectivity index (χ0n) is 25.1. The van der Waals surface area contributed by atoms with Crippen LogP contribution in [0.15, 0.2) is 24.3 Å². The van der Waals surface area contributed by atoms with Crippen LogP contribution in [-0.4, -0.2) is 49.1 Å². The number of nitrogens with one attached hydrogen (secondary N) is 2. The number of rotatable bonds is 5. The highest BCUT2D eigenvalue weighted by molar-refractivity contribution is 5.84. The molecule has 2 aromatic rings. The van der Waals surface area contributed by atoms with Gasteiger partial charge in [0.1, 0.15) is 6.56 Å². The van der Waals surface area contributed by atoms with Crippen molar-refractivity contribution in [3.63, 3.8) is 0 Å². The highest BCUT2D eigenvalue weighted by Crippen LogP contribution is 2.21. The first-order valence-electron chi connectivity index (χ1n) is 12.9. The van der Waals surface area contributed by atoms with E-state index in [4.69, 9.17) is 19.3 Å². The molecule has 2 heterocycles. The van der Waals surface area contributed by atoms with E-state index in [0.717, 1.165) is 7.05 Å². The fourth-order valence-electron chi connectivity index (χ4n) is 1.79. The normalized spacial score (nSPS) is 35.5. The average Bonchev–Trinajstić information content (AvgIpc) is 3.06. The van der Waals surface area contributed by atoms with Gasteiger partial charge in [0.25, 0.3) is 0 Å². The van der Waals surface area contributed by atoms with Crippen molar-refractivity contribution in [1.29, 1.82) is 0 Å². The van der Waals surface area contributed by atoms with Crippen molar-refractivity contribution in [2.75, 3.05) is 27.1 Å². The van der Waals surface area contributed by atoms with Gasteiger partial charge >= 0.3 is 6.09 Å². The number of carbonyl (C=O) groups excluding carboxylic acids is 1. The second kappa shape index (κ2) is 5.77. The molecule has 3 rings (SSSR count). The number of benzene rings is 1. The van der Waals surface area contributed by atoms with Gasteiger partial charge in [0.05, 0.1) is 15.6 Å². The summed E-state index contributed by atoms with van der Waals surface area (Å²) in [6, 6.07) is -4.96. The van der Waals surface area contributed by atoms with E-state index in [1.54, 1.807) is 0 Å². The van der Waals surface area contributed by atoms with Gasteiger partial charge in [0.2, 0.25) is 0 Å². The minimum absolute atomic E-state index is 0.100. The van der Waals surface area contributed by atoms with Crippen molar-refractivity contribution in [3.05, 3.63) is 35.4 Å². The van der Waals surface area contributed by atoms with E-state index in [1.165, 1.54) is 0 Å². The van der Waals surface area contributed by atoms with E-state index < -0.39 is 91.3 Å². The Balaban J connectivity index is 2.30. The molecule has 0 spiro atoms. The topological polar surface area (TPSA) is 57.4 Å². The average molecular weight is 301 g/mol. The molecular weight excluding hydrogens is 266 g/mol. The molecule has 0 unspecified atom stereocenters. The molecule has 5 heteroatoms. The van der Waals surface area contributed by atoms with Crippen molar-refractivity contribution in [2.24, 2.45) is 0 Å². The Kier molecular flexibility index (Phi) is 1.38. The summed E-state index contributed by atoms with van der Waals surface area (Å²) in [7, 11) is 1.12. The fraction of sp³-hybridized carbons (Fsp3) is 0.438. The van der Waals surface area contributed by atoms with Crippen molar-refractivity contribution in [2.45, 2.75) is 18.8 Å². The van der Waals surface area contributed by atoms with Crippen LogP contribution >= 0.6 is 0 Å². The maximum absolute atomic E-state index is 11.7. The van der Waals surface area contributed by atoms with Crippen LogP contribution < -0.4 is 5.31 Å². The van der Waals surface area contributed by atoms with Gasteiger partial charge in [-0.05, 0) is 50.0 Å². The molecule has 1 aromatic carbocycles. The Morgan fingerprint density at radius 1 is 1.76 bits per heavy atom. The van der Waals surface area contributed by atoms with Gasteiger partial charge in [0, 0.05) is 30.5 Å². The number of H-pyrrole nitrogens is 1. The Labute approximate surface area is 144 Å². The van der Waals surface area contributed by atoms with Crippen molar-refractivity contribution in [3.8, 4) is 0 Å². The zero-order valence-corrected chi connectivity index (χ0v) is 11.1. The number of ether oxygens (including phenoxy) is 1. The van der Waals surface area contributed by atoms with Crippen LogP contribution in [0.25, 0.3) is 10.9 Å². The summed E-state index contributed by atoms with van der Waals surface area (Å²) in [6.07, 6.45) is -5.87. The zero-order chi connectivity index (χ0) is 27.0. The summed E-state index contributed by atoms with van der Waals surface area (Å²) in [6.45, 7) is -6.52. The van der Waals surface area contributed by atoms with Crippen LogP contribution in [0.2, 0.25) is 2.82 Å². The van der Waals surface area contributed by atoms with Crippen molar-refractivity contribution < 1.29 is 28.8 Å². The van der Waals surface area contributed by atoms with E-state index >= 15 is 0 Å². The van der Waals surface area contributed by atoms with Gasteiger partial charge in [-0.1, -0.05) is 6.04 Å². The lowest BCUT2D eigenvalue weighted by molar-refractivity contribution is 0.177. The first-order valence-corrected chi connectivity index (χ1v) is 6.05. The first kappa shape index (κ1) is 5.02. The number of cyclic esters (lactones) is 1. The number of likely N-dealkylation sites (N-methyl/N-ethyl adjacent to an activating group) is 1. The number of alkyl carbamates (subject to hydrolysis) is 1. The molecule has 1 aliphatic rings. The third kappa shape index (κ3) is 3.19. The van der Waals surface area contributed by atoms with Crippen LogP contribution in [0, 0.1) is 0 Å². The minimum atomic E-state index is -3.04. The predicted octanol–water partition coefficient (Wildman–Crippen LogP) is 1.92. The first-order chi connectivity index (χ1) is 15.7. The molecule has 0 bridgehead atoms. The standard InChI is InChI=1S/C16H21N3O2/c1-19(2)6-5-12-9-17-15-4-3-11(8-14(12)15)7-13-10-21-16(20)18-13/h3-4,8-9,13,17H,5-7,10H2,1-2H3,(H,18,20)/t13-/m0/s1/i1D3,3D,4D,5D2,8D,9D,10D2,13D/hD2.